The number of alkyl halides is 1. The molecule has 3 rings (SSSR count). The number of fused-ring (bicyclic) bond motifs is 1. The third-order valence-electron chi connectivity index (χ3n) is 3.87. The number of halogens is 2. The van der Waals surface area contributed by atoms with E-state index in [-0.39, 0.29) is 0 Å². The highest BCUT2D eigenvalue weighted by atomic mass is 79.9. The Kier molecular flexibility index (Phi) is 5.74. The van der Waals surface area contributed by atoms with E-state index in [1.165, 1.54) is 21.9 Å². The zero-order valence-corrected chi connectivity index (χ0v) is 15.9. The second-order valence-electron chi connectivity index (χ2n) is 5.47. The molecular weight excluding hydrogens is 416 g/mol. The van der Waals surface area contributed by atoms with Crippen molar-refractivity contribution in [2.45, 2.75) is 19.4 Å². The molecule has 3 aromatic carbocycles. The van der Waals surface area contributed by atoms with Gasteiger partial charge in [0.1, 0.15) is 12.4 Å². The standard InChI is InChI=1S/C20H18Br2O/c21-13-3-6-19-18-5-2-1-4-16(18)9-12-20(19)23-14-15-7-10-17(22)11-8-15/h1-2,4-5,7-12H,3,6,13-14H2. The van der Waals surface area contributed by atoms with Gasteiger partial charge >= 0.3 is 0 Å². The molecule has 0 heterocycles. The summed E-state index contributed by atoms with van der Waals surface area (Å²) >= 11 is 7.00. The first-order chi connectivity index (χ1) is 11.3. The summed E-state index contributed by atoms with van der Waals surface area (Å²) in [6, 6.07) is 21.0. The first kappa shape index (κ1) is 16.5. The van der Waals surface area contributed by atoms with Gasteiger partial charge in [-0.2, -0.15) is 0 Å². The lowest BCUT2D eigenvalue weighted by atomic mass is 10.00. The van der Waals surface area contributed by atoms with Crippen molar-refractivity contribution in [2.24, 2.45) is 0 Å². The molecule has 0 spiro atoms. The lowest BCUT2D eigenvalue weighted by Crippen LogP contribution is -2.00. The summed E-state index contributed by atoms with van der Waals surface area (Å²) in [5.74, 6) is 0.993. The summed E-state index contributed by atoms with van der Waals surface area (Å²) in [7, 11) is 0. The van der Waals surface area contributed by atoms with Crippen molar-refractivity contribution in [3.8, 4) is 5.75 Å². The summed E-state index contributed by atoms with van der Waals surface area (Å²) < 4.78 is 7.23. The van der Waals surface area contributed by atoms with Crippen molar-refractivity contribution in [3.05, 3.63) is 76.3 Å². The second kappa shape index (κ2) is 7.98. The van der Waals surface area contributed by atoms with E-state index in [9.17, 15) is 0 Å². The molecule has 0 N–H and O–H groups in total. The van der Waals surface area contributed by atoms with E-state index in [0.717, 1.165) is 28.4 Å². The van der Waals surface area contributed by atoms with Gasteiger partial charge in [-0.3, -0.25) is 0 Å². The number of ether oxygens (including phenoxy) is 1. The highest BCUT2D eigenvalue weighted by molar-refractivity contribution is 9.10. The van der Waals surface area contributed by atoms with Crippen molar-refractivity contribution in [1.82, 2.24) is 0 Å². The molecule has 118 valence electrons. The van der Waals surface area contributed by atoms with Crippen LogP contribution in [0.1, 0.15) is 17.5 Å². The summed E-state index contributed by atoms with van der Waals surface area (Å²) in [4.78, 5) is 0. The summed E-state index contributed by atoms with van der Waals surface area (Å²) in [6.45, 7) is 0.590. The van der Waals surface area contributed by atoms with Crippen LogP contribution in [0.5, 0.6) is 5.75 Å². The quantitative estimate of drug-likeness (QED) is 0.402. The predicted octanol–water partition coefficient (Wildman–Crippen LogP) is 6.51. The maximum Gasteiger partial charge on any atom is 0.123 e. The van der Waals surface area contributed by atoms with Crippen LogP contribution in [-0.2, 0) is 13.0 Å². The van der Waals surface area contributed by atoms with Gasteiger partial charge in [-0.1, -0.05) is 74.3 Å². The third-order valence-corrected chi connectivity index (χ3v) is 4.96. The molecule has 0 unspecified atom stereocenters. The molecule has 0 radical (unpaired) electrons. The van der Waals surface area contributed by atoms with Gasteiger partial charge in [-0.25, -0.2) is 0 Å². The largest absolute Gasteiger partial charge is 0.489 e. The number of rotatable bonds is 6. The maximum absolute atomic E-state index is 6.14. The van der Waals surface area contributed by atoms with E-state index in [2.05, 4.69) is 80.4 Å². The Bertz CT molecular complexity index is 781. The normalized spacial score (nSPS) is 10.9. The van der Waals surface area contributed by atoms with Crippen molar-refractivity contribution < 1.29 is 4.74 Å². The van der Waals surface area contributed by atoms with Crippen molar-refractivity contribution in [3.63, 3.8) is 0 Å². The minimum Gasteiger partial charge on any atom is -0.489 e. The number of aryl methyl sites for hydroxylation is 1. The lowest BCUT2D eigenvalue weighted by molar-refractivity contribution is 0.303. The molecule has 0 atom stereocenters. The van der Waals surface area contributed by atoms with Crippen LogP contribution < -0.4 is 4.74 Å². The molecule has 23 heavy (non-hydrogen) atoms. The Balaban J connectivity index is 1.87. The average molecular weight is 434 g/mol. The van der Waals surface area contributed by atoms with Gasteiger partial charge in [0.15, 0.2) is 0 Å². The summed E-state index contributed by atoms with van der Waals surface area (Å²) in [5, 5.41) is 3.57. The van der Waals surface area contributed by atoms with Crippen molar-refractivity contribution >= 4 is 42.6 Å². The average Bonchev–Trinajstić information content (AvgIpc) is 2.59. The lowest BCUT2D eigenvalue weighted by Gasteiger charge is -2.14. The molecule has 0 aliphatic heterocycles. The third kappa shape index (κ3) is 4.15. The van der Waals surface area contributed by atoms with Crippen LogP contribution in [0.3, 0.4) is 0 Å². The first-order valence-corrected chi connectivity index (χ1v) is 9.63. The first-order valence-electron chi connectivity index (χ1n) is 7.72. The summed E-state index contributed by atoms with van der Waals surface area (Å²) in [6.07, 6.45) is 2.12. The monoisotopic (exact) mass is 432 g/mol. The van der Waals surface area contributed by atoms with E-state index in [0.29, 0.717) is 6.61 Å². The molecule has 3 heteroatoms. The Morgan fingerprint density at radius 1 is 0.870 bits per heavy atom. The Labute approximate surface area is 153 Å². The van der Waals surface area contributed by atoms with Gasteiger partial charge in [0.05, 0.1) is 0 Å². The van der Waals surface area contributed by atoms with Gasteiger partial charge in [0.25, 0.3) is 0 Å². The van der Waals surface area contributed by atoms with Crippen LogP contribution in [-0.4, -0.2) is 5.33 Å². The van der Waals surface area contributed by atoms with Gasteiger partial charge < -0.3 is 4.74 Å². The smallest absolute Gasteiger partial charge is 0.123 e. The van der Waals surface area contributed by atoms with E-state index in [4.69, 9.17) is 4.74 Å². The Morgan fingerprint density at radius 2 is 1.65 bits per heavy atom. The highest BCUT2D eigenvalue weighted by Crippen LogP contribution is 2.30. The molecule has 0 saturated carbocycles. The van der Waals surface area contributed by atoms with Crippen LogP contribution in [0.2, 0.25) is 0 Å². The summed E-state index contributed by atoms with van der Waals surface area (Å²) in [5.41, 5.74) is 2.48. The molecule has 0 saturated heterocycles. The number of hydrogen-bond donors (Lipinski definition) is 0. The molecule has 0 fully saturated rings. The maximum atomic E-state index is 6.14. The fourth-order valence-corrected chi connectivity index (χ4v) is 3.24. The van der Waals surface area contributed by atoms with Crippen LogP contribution in [0, 0.1) is 0 Å². The molecule has 0 aliphatic rings. The van der Waals surface area contributed by atoms with Crippen molar-refractivity contribution in [1.29, 1.82) is 0 Å². The SMILES string of the molecule is BrCCCc1c(OCc2ccc(Br)cc2)ccc2ccccc12. The van der Waals surface area contributed by atoms with E-state index in [1.807, 2.05) is 12.1 Å². The van der Waals surface area contributed by atoms with E-state index in [1.54, 1.807) is 0 Å². The van der Waals surface area contributed by atoms with Gasteiger partial charge in [-0.05, 0) is 47.4 Å². The Morgan fingerprint density at radius 3 is 2.43 bits per heavy atom. The van der Waals surface area contributed by atoms with Gasteiger partial charge in [-0.15, -0.1) is 0 Å². The number of hydrogen-bond acceptors (Lipinski definition) is 1. The van der Waals surface area contributed by atoms with E-state index < -0.39 is 0 Å². The van der Waals surface area contributed by atoms with Crippen LogP contribution in [0.4, 0.5) is 0 Å². The van der Waals surface area contributed by atoms with Crippen LogP contribution >= 0.6 is 31.9 Å². The Hall–Kier alpha value is -1.32. The highest BCUT2D eigenvalue weighted by Gasteiger charge is 2.09. The molecule has 0 aromatic heterocycles. The molecule has 0 amide bonds. The fraction of sp³-hybridized carbons (Fsp3) is 0.200. The molecule has 0 aliphatic carbocycles. The minimum atomic E-state index is 0.590. The van der Waals surface area contributed by atoms with E-state index >= 15 is 0 Å². The molecule has 3 aromatic rings. The molecule has 1 nitrogen and oxygen atoms in total. The zero-order chi connectivity index (χ0) is 16.1. The molecular formula is C20H18Br2O. The molecule has 0 bridgehead atoms. The van der Waals surface area contributed by atoms with Crippen LogP contribution in [0.15, 0.2) is 65.1 Å². The number of benzene rings is 3. The second-order valence-corrected chi connectivity index (χ2v) is 7.18. The topological polar surface area (TPSA) is 9.23 Å². The zero-order valence-electron chi connectivity index (χ0n) is 12.8. The van der Waals surface area contributed by atoms with Crippen LogP contribution in [0.25, 0.3) is 10.8 Å². The van der Waals surface area contributed by atoms with Crippen molar-refractivity contribution in [2.75, 3.05) is 5.33 Å². The minimum absolute atomic E-state index is 0.590. The van der Waals surface area contributed by atoms with Gasteiger partial charge in [0, 0.05) is 15.4 Å². The predicted molar refractivity (Wildman–Crippen MR) is 105 cm³/mol. The fourth-order valence-electron chi connectivity index (χ4n) is 2.69. The van der Waals surface area contributed by atoms with Gasteiger partial charge in [0.2, 0.25) is 0 Å².